The second-order valence-corrected chi connectivity index (χ2v) is 5.23. The van der Waals surface area contributed by atoms with Gasteiger partial charge in [0, 0.05) is 18.2 Å². The lowest BCUT2D eigenvalue weighted by molar-refractivity contribution is 0.112. The van der Waals surface area contributed by atoms with Crippen LogP contribution in [-0.2, 0) is 0 Å². The van der Waals surface area contributed by atoms with E-state index in [2.05, 4.69) is 5.32 Å². The fourth-order valence-corrected chi connectivity index (χ4v) is 2.77. The van der Waals surface area contributed by atoms with Gasteiger partial charge in [0.15, 0.2) is 6.29 Å². The lowest BCUT2D eigenvalue weighted by atomic mass is 9.91. The van der Waals surface area contributed by atoms with Crippen LogP contribution in [0.5, 0.6) is 5.75 Å². The third-order valence-electron chi connectivity index (χ3n) is 3.86. The Balaban J connectivity index is 2.31. The monoisotopic (exact) mass is 303 g/mol. The number of aromatic hydroxyl groups is 1. The summed E-state index contributed by atoms with van der Waals surface area (Å²) in [4.78, 5) is 11.4. The number of carbonyl (C=O) groups is 1. The van der Waals surface area contributed by atoms with Gasteiger partial charge < -0.3 is 10.4 Å². The summed E-state index contributed by atoms with van der Waals surface area (Å²) in [6.45, 7) is 0. The fraction of sp³-hybridized carbons (Fsp3) is 0.0500. The van der Waals surface area contributed by atoms with Crippen molar-refractivity contribution < 1.29 is 9.90 Å². The van der Waals surface area contributed by atoms with Crippen molar-refractivity contribution >= 4 is 12.0 Å². The number of carbonyl (C=O) groups excluding carboxylic acids is 1. The van der Waals surface area contributed by atoms with Gasteiger partial charge in [-0.1, -0.05) is 48.5 Å². The van der Waals surface area contributed by atoms with Crippen molar-refractivity contribution in [1.29, 1.82) is 0 Å². The molecule has 0 spiro atoms. The van der Waals surface area contributed by atoms with Crippen molar-refractivity contribution in [3.05, 3.63) is 72.3 Å². The summed E-state index contributed by atoms with van der Waals surface area (Å²) in [5, 5.41) is 12.7. The predicted octanol–water partition coefficient (Wildman–Crippen LogP) is 4.58. The van der Waals surface area contributed by atoms with Crippen LogP contribution in [0, 0.1) is 0 Å². The molecule has 114 valence electrons. The lowest BCUT2D eigenvalue weighted by Crippen LogP contribution is -1.99. The number of rotatable bonds is 4. The van der Waals surface area contributed by atoms with E-state index in [1.807, 2.05) is 61.6 Å². The van der Waals surface area contributed by atoms with Gasteiger partial charge in [0.1, 0.15) is 5.75 Å². The molecule has 0 unspecified atom stereocenters. The van der Waals surface area contributed by atoms with Crippen molar-refractivity contribution in [2.24, 2.45) is 0 Å². The van der Waals surface area contributed by atoms with Crippen LogP contribution in [0.15, 0.2) is 66.7 Å². The maximum absolute atomic E-state index is 11.4. The summed E-state index contributed by atoms with van der Waals surface area (Å²) in [6.07, 6.45) is 0.860. The van der Waals surface area contributed by atoms with E-state index >= 15 is 0 Å². The molecule has 3 heteroatoms. The molecule has 0 saturated heterocycles. The number of phenolic OH excluding ortho intramolecular Hbond substituents is 1. The van der Waals surface area contributed by atoms with E-state index in [9.17, 15) is 9.90 Å². The SMILES string of the molecule is CNc1c(C=O)ccc(-c2ccc(O)cc2)c1-c1ccccc1. The molecule has 0 aliphatic rings. The molecule has 0 fully saturated rings. The number of aldehydes is 1. The Kier molecular flexibility index (Phi) is 4.11. The molecule has 3 rings (SSSR count). The van der Waals surface area contributed by atoms with Crippen molar-refractivity contribution in [1.82, 2.24) is 0 Å². The number of benzene rings is 3. The highest BCUT2D eigenvalue weighted by Crippen LogP contribution is 2.39. The zero-order valence-electron chi connectivity index (χ0n) is 12.8. The van der Waals surface area contributed by atoms with E-state index in [1.54, 1.807) is 12.1 Å². The quantitative estimate of drug-likeness (QED) is 0.694. The average molecular weight is 303 g/mol. The third kappa shape index (κ3) is 2.81. The minimum atomic E-state index is 0.230. The molecule has 0 aliphatic heterocycles. The number of phenols is 1. The van der Waals surface area contributed by atoms with Gasteiger partial charge in [-0.2, -0.15) is 0 Å². The van der Waals surface area contributed by atoms with Crippen LogP contribution in [0.3, 0.4) is 0 Å². The molecule has 0 aliphatic carbocycles. The molecule has 3 nitrogen and oxygen atoms in total. The van der Waals surface area contributed by atoms with Crippen LogP contribution < -0.4 is 5.32 Å². The average Bonchev–Trinajstić information content (AvgIpc) is 2.61. The summed E-state index contributed by atoms with van der Waals surface area (Å²) in [7, 11) is 1.81. The summed E-state index contributed by atoms with van der Waals surface area (Å²) >= 11 is 0. The summed E-state index contributed by atoms with van der Waals surface area (Å²) in [6, 6.07) is 20.8. The van der Waals surface area contributed by atoms with Gasteiger partial charge in [-0.3, -0.25) is 4.79 Å². The van der Waals surface area contributed by atoms with Crippen molar-refractivity contribution in [3.8, 4) is 28.0 Å². The van der Waals surface area contributed by atoms with Gasteiger partial charge in [0.2, 0.25) is 0 Å². The molecule has 0 heterocycles. The smallest absolute Gasteiger partial charge is 0.152 e. The Morgan fingerprint density at radius 1 is 0.870 bits per heavy atom. The highest BCUT2D eigenvalue weighted by molar-refractivity contribution is 5.99. The van der Waals surface area contributed by atoms with Gasteiger partial charge in [0.25, 0.3) is 0 Å². The first-order chi connectivity index (χ1) is 11.2. The third-order valence-corrected chi connectivity index (χ3v) is 3.86. The van der Waals surface area contributed by atoms with E-state index in [0.29, 0.717) is 5.56 Å². The van der Waals surface area contributed by atoms with Crippen LogP contribution in [0.25, 0.3) is 22.3 Å². The lowest BCUT2D eigenvalue weighted by Gasteiger charge is -2.17. The maximum atomic E-state index is 11.4. The Labute approximate surface area is 135 Å². The van der Waals surface area contributed by atoms with E-state index in [0.717, 1.165) is 34.2 Å². The Morgan fingerprint density at radius 3 is 2.17 bits per heavy atom. The van der Waals surface area contributed by atoms with E-state index in [4.69, 9.17) is 0 Å². The largest absolute Gasteiger partial charge is 0.508 e. The molecule has 3 aromatic carbocycles. The molecule has 2 N–H and O–H groups in total. The first-order valence-corrected chi connectivity index (χ1v) is 7.39. The summed E-state index contributed by atoms with van der Waals surface area (Å²) in [5.74, 6) is 0.230. The van der Waals surface area contributed by atoms with Crippen LogP contribution in [0.4, 0.5) is 5.69 Å². The molecule has 0 amide bonds. The minimum absolute atomic E-state index is 0.230. The number of hydrogen-bond acceptors (Lipinski definition) is 3. The maximum Gasteiger partial charge on any atom is 0.152 e. The van der Waals surface area contributed by atoms with Gasteiger partial charge in [0.05, 0.1) is 5.69 Å². The molecule has 0 saturated carbocycles. The highest BCUT2D eigenvalue weighted by atomic mass is 16.3. The van der Waals surface area contributed by atoms with E-state index in [1.165, 1.54) is 0 Å². The Morgan fingerprint density at radius 2 is 1.57 bits per heavy atom. The van der Waals surface area contributed by atoms with Gasteiger partial charge in [-0.15, -0.1) is 0 Å². The van der Waals surface area contributed by atoms with Crippen LogP contribution >= 0.6 is 0 Å². The van der Waals surface area contributed by atoms with Crippen LogP contribution in [-0.4, -0.2) is 18.4 Å². The van der Waals surface area contributed by atoms with Gasteiger partial charge in [-0.25, -0.2) is 0 Å². The first kappa shape index (κ1) is 14.9. The molecule has 0 atom stereocenters. The topological polar surface area (TPSA) is 49.3 Å². The molecule has 0 radical (unpaired) electrons. The minimum Gasteiger partial charge on any atom is -0.508 e. The predicted molar refractivity (Wildman–Crippen MR) is 93.9 cm³/mol. The fourth-order valence-electron chi connectivity index (χ4n) is 2.77. The van der Waals surface area contributed by atoms with Gasteiger partial charge >= 0.3 is 0 Å². The Hall–Kier alpha value is -3.07. The van der Waals surface area contributed by atoms with Gasteiger partial charge in [-0.05, 0) is 34.9 Å². The molecule has 0 aromatic heterocycles. The molecular weight excluding hydrogens is 286 g/mol. The second kappa shape index (κ2) is 6.36. The van der Waals surface area contributed by atoms with E-state index in [-0.39, 0.29) is 5.75 Å². The van der Waals surface area contributed by atoms with Crippen LogP contribution in [0.2, 0.25) is 0 Å². The van der Waals surface area contributed by atoms with E-state index < -0.39 is 0 Å². The van der Waals surface area contributed by atoms with Crippen molar-refractivity contribution in [2.75, 3.05) is 12.4 Å². The molecular formula is C20H17NO2. The molecule has 23 heavy (non-hydrogen) atoms. The summed E-state index contributed by atoms with van der Waals surface area (Å²) < 4.78 is 0. The molecule has 3 aromatic rings. The molecule has 0 bridgehead atoms. The second-order valence-electron chi connectivity index (χ2n) is 5.23. The highest BCUT2D eigenvalue weighted by Gasteiger charge is 2.15. The number of hydrogen-bond donors (Lipinski definition) is 2. The van der Waals surface area contributed by atoms with Crippen molar-refractivity contribution in [2.45, 2.75) is 0 Å². The zero-order chi connectivity index (χ0) is 16.2. The summed E-state index contributed by atoms with van der Waals surface area (Å²) in [5.41, 5.74) is 5.42. The first-order valence-electron chi connectivity index (χ1n) is 7.39. The van der Waals surface area contributed by atoms with Crippen molar-refractivity contribution in [3.63, 3.8) is 0 Å². The zero-order valence-corrected chi connectivity index (χ0v) is 12.8. The van der Waals surface area contributed by atoms with Crippen LogP contribution in [0.1, 0.15) is 10.4 Å². The Bertz CT molecular complexity index is 824. The standard InChI is InChI=1S/C20H17NO2/c1-21-20-16(13-22)9-12-18(14-7-10-17(23)11-8-14)19(20)15-5-3-2-4-6-15/h2-13,21,23H,1H3. The normalized spacial score (nSPS) is 10.3. The number of anilines is 1. The number of nitrogens with one attached hydrogen (secondary N) is 1.